The number of ether oxygens (including phenoxy) is 1. The van der Waals surface area contributed by atoms with Crippen molar-refractivity contribution in [1.29, 1.82) is 0 Å². The van der Waals surface area contributed by atoms with E-state index in [1.54, 1.807) is 31.2 Å². The maximum atomic E-state index is 12.3. The van der Waals surface area contributed by atoms with Crippen LogP contribution in [0.5, 0.6) is 5.75 Å². The molecule has 98 valence electrons. The molecule has 1 heterocycles. The largest absolute Gasteiger partial charge is 0.421 e. The predicted octanol–water partition coefficient (Wildman–Crippen LogP) is 2.30. The minimum Gasteiger partial charge on any atom is -0.421 e. The number of hydrogen-bond donors (Lipinski definition) is 0. The Bertz CT molecular complexity index is 595. The van der Waals surface area contributed by atoms with E-state index < -0.39 is 28.3 Å². The molecule has 0 bridgehead atoms. The second-order valence-electron chi connectivity index (χ2n) is 5.01. The SMILES string of the molecule is C[C@@H]1C=CC[C@H]2c3ccccc3OC(=O)[C@@]12[N+](=O)[O-]. The summed E-state index contributed by atoms with van der Waals surface area (Å²) >= 11 is 0. The number of nitro groups is 1. The van der Waals surface area contributed by atoms with Crippen LogP contribution in [0, 0.1) is 16.0 Å². The first-order chi connectivity index (χ1) is 9.08. The summed E-state index contributed by atoms with van der Waals surface area (Å²) in [5.74, 6) is -1.25. The summed E-state index contributed by atoms with van der Waals surface area (Å²) < 4.78 is 5.22. The number of esters is 1. The number of fused-ring (bicyclic) bond motifs is 3. The van der Waals surface area contributed by atoms with Crippen LogP contribution in [0.3, 0.4) is 0 Å². The number of allylic oxidation sites excluding steroid dienone is 1. The van der Waals surface area contributed by atoms with Crippen LogP contribution in [0.25, 0.3) is 0 Å². The first-order valence-electron chi connectivity index (χ1n) is 6.21. The standard InChI is InChI=1S/C14H13NO4/c1-9-5-4-7-11-10-6-2-3-8-12(10)19-13(16)14(9,11)15(17)18/h2-6,8-9,11H,7H2,1H3/t9-,11+,14-/m1/s1. The van der Waals surface area contributed by atoms with Gasteiger partial charge in [0, 0.05) is 10.5 Å². The molecule has 0 N–H and O–H groups in total. The van der Waals surface area contributed by atoms with Crippen LogP contribution < -0.4 is 4.74 Å². The van der Waals surface area contributed by atoms with Crippen molar-refractivity contribution in [3.05, 3.63) is 52.1 Å². The Balaban J connectivity index is 2.26. The first-order valence-corrected chi connectivity index (χ1v) is 6.21. The number of benzene rings is 1. The molecule has 0 spiro atoms. The maximum Gasteiger partial charge on any atom is 0.391 e. The van der Waals surface area contributed by atoms with E-state index >= 15 is 0 Å². The maximum absolute atomic E-state index is 12.3. The van der Waals surface area contributed by atoms with Gasteiger partial charge in [0.15, 0.2) is 0 Å². The summed E-state index contributed by atoms with van der Waals surface area (Å²) in [6.45, 7) is 1.70. The average Bonchev–Trinajstić information content (AvgIpc) is 2.38. The minimum atomic E-state index is -1.69. The Morgan fingerprint density at radius 2 is 2.16 bits per heavy atom. The van der Waals surface area contributed by atoms with Crippen molar-refractivity contribution in [3.8, 4) is 5.75 Å². The third-order valence-electron chi connectivity index (χ3n) is 4.15. The molecule has 0 unspecified atom stereocenters. The molecular weight excluding hydrogens is 246 g/mol. The van der Waals surface area contributed by atoms with Gasteiger partial charge in [0.1, 0.15) is 5.75 Å². The fourth-order valence-electron chi connectivity index (χ4n) is 3.17. The molecule has 3 rings (SSSR count). The monoisotopic (exact) mass is 259 g/mol. The molecule has 5 nitrogen and oxygen atoms in total. The van der Waals surface area contributed by atoms with Gasteiger partial charge in [0.2, 0.25) is 0 Å². The van der Waals surface area contributed by atoms with Gasteiger partial charge in [-0.2, -0.15) is 0 Å². The van der Waals surface area contributed by atoms with Crippen molar-refractivity contribution in [2.45, 2.75) is 24.8 Å². The van der Waals surface area contributed by atoms with E-state index in [9.17, 15) is 14.9 Å². The van der Waals surface area contributed by atoms with E-state index in [0.29, 0.717) is 12.2 Å². The third-order valence-corrected chi connectivity index (χ3v) is 4.15. The lowest BCUT2D eigenvalue weighted by atomic mass is 9.66. The highest BCUT2D eigenvalue weighted by atomic mass is 16.6. The molecule has 1 aromatic carbocycles. The third kappa shape index (κ3) is 1.38. The van der Waals surface area contributed by atoms with E-state index in [0.717, 1.165) is 5.56 Å². The number of hydrogen-bond acceptors (Lipinski definition) is 4. The van der Waals surface area contributed by atoms with Crippen molar-refractivity contribution in [1.82, 2.24) is 0 Å². The van der Waals surface area contributed by atoms with Gasteiger partial charge < -0.3 is 4.74 Å². The zero-order valence-electron chi connectivity index (χ0n) is 10.4. The molecule has 19 heavy (non-hydrogen) atoms. The molecule has 1 aliphatic heterocycles. The van der Waals surface area contributed by atoms with Crippen molar-refractivity contribution in [2.24, 2.45) is 5.92 Å². The zero-order chi connectivity index (χ0) is 13.6. The smallest absolute Gasteiger partial charge is 0.391 e. The number of para-hydroxylation sites is 1. The summed E-state index contributed by atoms with van der Waals surface area (Å²) in [6, 6.07) is 7.05. The van der Waals surface area contributed by atoms with Gasteiger partial charge in [-0.3, -0.25) is 10.1 Å². The molecule has 0 amide bonds. The summed E-state index contributed by atoms with van der Waals surface area (Å²) in [5, 5.41) is 11.6. The topological polar surface area (TPSA) is 69.4 Å². The average molecular weight is 259 g/mol. The van der Waals surface area contributed by atoms with E-state index in [-0.39, 0.29) is 0 Å². The molecule has 1 aromatic rings. The highest BCUT2D eigenvalue weighted by Crippen LogP contribution is 2.49. The lowest BCUT2D eigenvalue weighted by molar-refractivity contribution is -0.568. The molecule has 2 aliphatic rings. The van der Waals surface area contributed by atoms with Crippen molar-refractivity contribution < 1.29 is 14.5 Å². The van der Waals surface area contributed by atoms with Crippen LogP contribution >= 0.6 is 0 Å². The van der Waals surface area contributed by atoms with Gasteiger partial charge in [0.25, 0.3) is 0 Å². The normalized spacial score (nSPS) is 32.2. The Kier molecular flexibility index (Phi) is 2.45. The molecule has 0 fully saturated rings. The Hall–Kier alpha value is -2.17. The van der Waals surface area contributed by atoms with Crippen LogP contribution in [0.4, 0.5) is 0 Å². The summed E-state index contributed by atoms with van der Waals surface area (Å²) in [7, 11) is 0. The predicted molar refractivity (Wildman–Crippen MR) is 67.5 cm³/mol. The molecule has 5 heteroatoms. The number of rotatable bonds is 1. The van der Waals surface area contributed by atoms with Crippen molar-refractivity contribution in [3.63, 3.8) is 0 Å². The molecule has 3 atom stereocenters. The number of carbonyl (C=O) groups excluding carboxylic acids is 1. The number of carbonyl (C=O) groups is 1. The van der Waals surface area contributed by atoms with Crippen LogP contribution in [0.1, 0.15) is 24.8 Å². The second kappa shape index (κ2) is 3.91. The summed E-state index contributed by atoms with van der Waals surface area (Å²) in [6.07, 6.45) is 4.12. The van der Waals surface area contributed by atoms with Gasteiger partial charge in [0.05, 0.1) is 11.8 Å². The first kappa shape index (κ1) is 11.9. The van der Waals surface area contributed by atoms with Crippen molar-refractivity contribution in [2.75, 3.05) is 0 Å². The number of nitrogens with zero attached hydrogens (tertiary/aromatic N) is 1. The fourth-order valence-corrected chi connectivity index (χ4v) is 3.17. The van der Waals surface area contributed by atoms with E-state index in [4.69, 9.17) is 4.74 Å². The second-order valence-corrected chi connectivity index (χ2v) is 5.01. The van der Waals surface area contributed by atoms with E-state index in [2.05, 4.69) is 0 Å². The molecule has 0 saturated carbocycles. The van der Waals surface area contributed by atoms with E-state index in [1.807, 2.05) is 12.1 Å². The zero-order valence-corrected chi connectivity index (χ0v) is 10.4. The lowest BCUT2D eigenvalue weighted by Gasteiger charge is -2.40. The lowest BCUT2D eigenvalue weighted by Crippen LogP contribution is -2.60. The molecular formula is C14H13NO4. The van der Waals surface area contributed by atoms with Gasteiger partial charge >= 0.3 is 11.5 Å². The van der Waals surface area contributed by atoms with Gasteiger partial charge in [-0.25, -0.2) is 4.79 Å². The molecule has 0 aromatic heterocycles. The quantitative estimate of drug-likeness (QED) is 0.255. The highest BCUT2D eigenvalue weighted by molar-refractivity contribution is 5.86. The molecule has 0 saturated heterocycles. The molecule has 0 radical (unpaired) electrons. The minimum absolute atomic E-state index is 0.442. The van der Waals surface area contributed by atoms with Crippen LogP contribution in [0.15, 0.2) is 36.4 Å². The Morgan fingerprint density at radius 1 is 1.42 bits per heavy atom. The van der Waals surface area contributed by atoms with Gasteiger partial charge in [-0.15, -0.1) is 0 Å². The van der Waals surface area contributed by atoms with Gasteiger partial charge in [-0.1, -0.05) is 37.3 Å². The Labute approximate surface area is 110 Å². The summed E-state index contributed by atoms with van der Waals surface area (Å²) in [5.41, 5.74) is -0.946. The van der Waals surface area contributed by atoms with Gasteiger partial charge in [-0.05, 0) is 12.5 Å². The molecule has 1 aliphatic carbocycles. The fraction of sp³-hybridized carbons (Fsp3) is 0.357. The summed E-state index contributed by atoms with van der Waals surface area (Å²) in [4.78, 5) is 23.4. The van der Waals surface area contributed by atoms with Crippen LogP contribution in [0.2, 0.25) is 0 Å². The van der Waals surface area contributed by atoms with Crippen molar-refractivity contribution >= 4 is 5.97 Å². The Morgan fingerprint density at radius 3 is 2.89 bits per heavy atom. The van der Waals surface area contributed by atoms with E-state index in [1.165, 1.54) is 0 Å². The highest BCUT2D eigenvalue weighted by Gasteiger charge is 2.65. The van der Waals surface area contributed by atoms with Crippen LogP contribution in [-0.4, -0.2) is 16.4 Å². The van der Waals surface area contributed by atoms with Crippen LogP contribution in [-0.2, 0) is 4.79 Å².